The maximum absolute atomic E-state index is 12.1. The lowest BCUT2D eigenvalue weighted by Crippen LogP contribution is -2.16. The summed E-state index contributed by atoms with van der Waals surface area (Å²) in [6, 6.07) is 6.27. The minimum Gasteiger partial charge on any atom is -0.409 e. The van der Waals surface area contributed by atoms with E-state index in [1.54, 1.807) is 24.4 Å². The molecule has 0 fully saturated rings. The van der Waals surface area contributed by atoms with Crippen LogP contribution in [0.2, 0.25) is 5.02 Å². The molecule has 1 aromatic carbocycles. The summed E-state index contributed by atoms with van der Waals surface area (Å²) in [5, 5.41) is 14.6. The Labute approximate surface area is 133 Å². The molecule has 2 rings (SSSR count). The van der Waals surface area contributed by atoms with E-state index in [0.717, 1.165) is 0 Å². The van der Waals surface area contributed by atoms with E-state index >= 15 is 0 Å². The van der Waals surface area contributed by atoms with Gasteiger partial charge in [0, 0.05) is 22.4 Å². The number of aromatic nitrogens is 1. The summed E-state index contributed by atoms with van der Waals surface area (Å²) >= 11 is 9.27. The molecule has 0 atom stereocenters. The van der Waals surface area contributed by atoms with Gasteiger partial charge in [-0.3, -0.25) is 9.78 Å². The van der Waals surface area contributed by atoms with Gasteiger partial charge in [-0.15, -0.1) is 0 Å². The van der Waals surface area contributed by atoms with Crippen molar-refractivity contribution in [1.29, 1.82) is 0 Å². The van der Waals surface area contributed by atoms with Crippen molar-refractivity contribution < 1.29 is 10.0 Å². The Balaban J connectivity index is 2.29. The fourth-order valence-corrected chi connectivity index (χ4v) is 2.10. The van der Waals surface area contributed by atoms with E-state index in [4.69, 9.17) is 22.5 Å². The number of oxime groups is 1. The molecule has 0 aliphatic rings. The van der Waals surface area contributed by atoms with Gasteiger partial charge in [0.25, 0.3) is 5.91 Å². The Morgan fingerprint density at radius 3 is 2.76 bits per heavy atom. The molecule has 4 N–H and O–H groups in total. The largest absolute Gasteiger partial charge is 0.409 e. The quantitative estimate of drug-likeness (QED) is 0.335. The number of halogens is 2. The topological polar surface area (TPSA) is 101 Å². The predicted octanol–water partition coefficient (Wildman–Crippen LogP) is 2.84. The van der Waals surface area contributed by atoms with Crippen molar-refractivity contribution in [1.82, 2.24) is 4.98 Å². The molecule has 1 heterocycles. The van der Waals surface area contributed by atoms with Crippen molar-refractivity contribution in [3.8, 4) is 0 Å². The van der Waals surface area contributed by atoms with E-state index in [0.29, 0.717) is 26.3 Å². The second-order valence-electron chi connectivity index (χ2n) is 4.03. The zero-order chi connectivity index (χ0) is 15.4. The Hall–Kier alpha value is -2.12. The molecule has 8 heteroatoms. The summed E-state index contributed by atoms with van der Waals surface area (Å²) in [7, 11) is 0. The molecule has 21 heavy (non-hydrogen) atoms. The molecule has 0 unspecified atom stereocenters. The van der Waals surface area contributed by atoms with Gasteiger partial charge in [-0.2, -0.15) is 0 Å². The van der Waals surface area contributed by atoms with Crippen LogP contribution in [-0.2, 0) is 0 Å². The highest BCUT2D eigenvalue weighted by Gasteiger charge is 2.11. The van der Waals surface area contributed by atoms with Crippen LogP contribution in [0.25, 0.3) is 0 Å². The van der Waals surface area contributed by atoms with E-state index in [2.05, 4.69) is 31.4 Å². The van der Waals surface area contributed by atoms with Crippen LogP contribution in [0, 0.1) is 0 Å². The third kappa shape index (κ3) is 3.71. The number of hydrogen-bond acceptors (Lipinski definition) is 4. The van der Waals surface area contributed by atoms with Crippen LogP contribution in [0.15, 0.2) is 46.3 Å². The molecule has 6 nitrogen and oxygen atoms in total. The van der Waals surface area contributed by atoms with Crippen LogP contribution >= 0.6 is 27.5 Å². The van der Waals surface area contributed by atoms with Crippen LogP contribution in [0.1, 0.15) is 15.9 Å². The van der Waals surface area contributed by atoms with Gasteiger partial charge in [0.15, 0.2) is 5.84 Å². The van der Waals surface area contributed by atoms with Crippen molar-refractivity contribution in [3.05, 3.63) is 57.3 Å². The summed E-state index contributed by atoms with van der Waals surface area (Å²) in [5.74, 6) is -0.450. The second kappa shape index (κ2) is 6.55. The van der Waals surface area contributed by atoms with Crippen molar-refractivity contribution in [3.63, 3.8) is 0 Å². The molecule has 2 aromatic rings. The van der Waals surface area contributed by atoms with Crippen LogP contribution < -0.4 is 11.1 Å². The minimum atomic E-state index is -0.373. The first kappa shape index (κ1) is 15.3. The van der Waals surface area contributed by atoms with E-state index in [9.17, 15) is 4.79 Å². The Bertz CT molecular complexity index is 721. The molecule has 1 aromatic heterocycles. The molecule has 0 saturated carbocycles. The molecule has 0 aliphatic heterocycles. The standard InChI is InChI=1S/C13H10BrClN4O2/c14-9-3-8(5-17-6-9)13(20)18-11-4-7(12(16)19-21)1-2-10(11)15/h1-6,21H,(H2,16,19)(H,18,20). The van der Waals surface area contributed by atoms with Gasteiger partial charge in [0.05, 0.1) is 16.3 Å². The molecule has 108 valence electrons. The SMILES string of the molecule is N/C(=N/O)c1ccc(Cl)c(NC(=O)c2cncc(Br)c2)c1. The molecule has 1 amide bonds. The van der Waals surface area contributed by atoms with Gasteiger partial charge in [-0.05, 0) is 40.2 Å². The van der Waals surface area contributed by atoms with E-state index in [1.807, 2.05) is 0 Å². The van der Waals surface area contributed by atoms with Crippen LogP contribution in [-0.4, -0.2) is 21.9 Å². The minimum absolute atomic E-state index is 0.0775. The monoisotopic (exact) mass is 368 g/mol. The summed E-state index contributed by atoms with van der Waals surface area (Å²) < 4.78 is 0.687. The lowest BCUT2D eigenvalue weighted by Gasteiger charge is -2.09. The summed E-state index contributed by atoms with van der Waals surface area (Å²) in [4.78, 5) is 16.0. The number of nitrogens with two attached hydrogens (primary N) is 1. The molecule has 0 saturated heterocycles. The number of carbonyl (C=O) groups is 1. The smallest absolute Gasteiger partial charge is 0.257 e. The van der Waals surface area contributed by atoms with Gasteiger partial charge in [0.2, 0.25) is 0 Å². The number of anilines is 1. The highest BCUT2D eigenvalue weighted by Crippen LogP contribution is 2.24. The lowest BCUT2D eigenvalue weighted by atomic mass is 10.1. The number of benzene rings is 1. The molecular weight excluding hydrogens is 360 g/mol. The first-order valence-corrected chi connectivity index (χ1v) is 6.87. The zero-order valence-corrected chi connectivity index (χ0v) is 12.9. The maximum Gasteiger partial charge on any atom is 0.257 e. The number of amides is 1. The first-order valence-electron chi connectivity index (χ1n) is 5.70. The van der Waals surface area contributed by atoms with Gasteiger partial charge >= 0.3 is 0 Å². The number of amidine groups is 1. The molecule has 0 bridgehead atoms. The number of carbonyl (C=O) groups excluding carboxylic acids is 1. The Morgan fingerprint density at radius 1 is 1.33 bits per heavy atom. The fourth-order valence-electron chi connectivity index (χ4n) is 1.57. The normalized spacial score (nSPS) is 11.2. The van der Waals surface area contributed by atoms with Gasteiger partial charge in [0.1, 0.15) is 0 Å². The van der Waals surface area contributed by atoms with E-state index in [-0.39, 0.29) is 11.7 Å². The zero-order valence-electron chi connectivity index (χ0n) is 10.5. The lowest BCUT2D eigenvalue weighted by molar-refractivity contribution is 0.102. The maximum atomic E-state index is 12.1. The number of rotatable bonds is 3. The van der Waals surface area contributed by atoms with Crippen molar-refractivity contribution in [2.24, 2.45) is 10.9 Å². The van der Waals surface area contributed by atoms with Gasteiger partial charge < -0.3 is 16.3 Å². The average molecular weight is 370 g/mol. The number of nitrogens with one attached hydrogen (secondary N) is 1. The third-order valence-electron chi connectivity index (χ3n) is 2.59. The average Bonchev–Trinajstić information content (AvgIpc) is 2.48. The third-order valence-corrected chi connectivity index (χ3v) is 3.35. The van der Waals surface area contributed by atoms with Crippen LogP contribution in [0.3, 0.4) is 0 Å². The molecule has 0 radical (unpaired) electrons. The second-order valence-corrected chi connectivity index (χ2v) is 5.35. The van der Waals surface area contributed by atoms with E-state index < -0.39 is 0 Å². The Morgan fingerprint density at radius 2 is 2.10 bits per heavy atom. The van der Waals surface area contributed by atoms with Crippen molar-refractivity contribution in [2.45, 2.75) is 0 Å². The summed E-state index contributed by atoms with van der Waals surface area (Å²) in [5.41, 5.74) is 6.66. The predicted molar refractivity (Wildman–Crippen MR) is 83.9 cm³/mol. The first-order chi connectivity index (χ1) is 10.0. The van der Waals surface area contributed by atoms with Gasteiger partial charge in [-0.1, -0.05) is 16.8 Å². The molecular formula is C13H10BrClN4O2. The number of nitrogens with zero attached hydrogens (tertiary/aromatic N) is 2. The fraction of sp³-hybridized carbons (Fsp3) is 0. The summed E-state index contributed by atoms with van der Waals surface area (Å²) in [6.07, 6.45) is 3.00. The van der Waals surface area contributed by atoms with Crippen LogP contribution in [0.4, 0.5) is 5.69 Å². The van der Waals surface area contributed by atoms with E-state index in [1.165, 1.54) is 12.3 Å². The summed E-state index contributed by atoms with van der Waals surface area (Å²) in [6.45, 7) is 0. The van der Waals surface area contributed by atoms with Crippen molar-refractivity contribution in [2.75, 3.05) is 5.32 Å². The highest BCUT2D eigenvalue weighted by atomic mass is 79.9. The molecule has 0 aliphatic carbocycles. The number of hydrogen-bond donors (Lipinski definition) is 3. The molecule has 0 spiro atoms. The van der Waals surface area contributed by atoms with Crippen molar-refractivity contribution >= 4 is 45.0 Å². The van der Waals surface area contributed by atoms with Crippen LogP contribution in [0.5, 0.6) is 0 Å². The number of pyridine rings is 1. The highest BCUT2D eigenvalue weighted by molar-refractivity contribution is 9.10. The van der Waals surface area contributed by atoms with Gasteiger partial charge in [-0.25, -0.2) is 0 Å². The Kier molecular flexibility index (Phi) is 4.77.